The number of hydrogen-bond acceptors (Lipinski definition) is 5. The highest BCUT2D eigenvalue weighted by molar-refractivity contribution is 5.27. The van der Waals surface area contributed by atoms with E-state index in [0.717, 1.165) is 37.6 Å². The van der Waals surface area contributed by atoms with Crippen molar-refractivity contribution in [2.75, 3.05) is 13.7 Å². The van der Waals surface area contributed by atoms with Gasteiger partial charge in [-0.3, -0.25) is 4.90 Å². The highest BCUT2D eigenvalue weighted by atomic mass is 16.5. The maximum Gasteiger partial charge on any atom is 0.165 e. The summed E-state index contributed by atoms with van der Waals surface area (Å²) >= 11 is 0. The molecule has 0 bridgehead atoms. The van der Waals surface area contributed by atoms with Crippen molar-refractivity contribution < 1.29 is 4.74 Å². The van der Waals surface area contributed by atoms with E-state index < -0.39 is 0 Å². The van der Waals surface area contributed by atoms with Crippen molar-refractivity contribution in [3.8, 4) is 5.75 Å². The zero-order chi connectivity index (χ0) is 15.1. The van der Waals surface area contributed by atoms with Gasteiger partial charge >= 0.3 is 0 Å². The van der Waals surface area contributed by atoms with Crippen molar-refractivity contribution in [2.24, 2.45) is 0 Å². The smallest absolute Gasteiger partial charge is 0.165 e. The van der Waals surface area contributed by atoms with Crippen LogP contribution < -0.4 is 4.74 Å². The molecule has 6 nitrogen and oxygen atoms in total. The van der Waals surface area contributed by atoms with Crippen molar-refractivity contribution >= 4 is 0 Å². The van der Waals surface area contributed by atoms with Gasteiger partial charge in [0, 0.05) is 13.1 Å². The van der Waals surface area contributed by atoms with Crippen LogP contribution in [-0.4, -0.2) is 38.8 Å². The summed E-state index contributed by atoms with van der Waals surface area (Å²) in [5, 5.41) is 11.9. The lowest BCUT2D eigenvalue weighted by molar-refractivity contribution is 0.301. The third kappa shape index (κ3) is 4.53. The lowest BCUT2D eigenvalue weighted by atomic mass is 10.2. The highest BCUT2D eigenvalue weighted by Gasteiger charge is 2.09. The van der Waals surface area contributed by atoms with Crippen molar-refractivity contribution in [1.82, 2.24) is 25.1 Å². The Kier molecular flexibility index (Phi) is 5.68. The highest BCUT2D eigenvalue weighted by Crippen LogP contribution is 2.13. The Morgan fingerprint density at radius 3 is 2.57 bits per heavy atom. The summed E-state index contributed by atoms with van der Waals surface area (Å²) in [5.41, 5.74) is 1.25. The summed E-state index contributed by atoms with van der Waals surface area (Å²) in [5.74, 6) is 1.82. The van der Waals surface area contributed by atoms with Gasteiger partial charge in [0.05, 0.1) is 13.2 Å². The molecule has 0 saturated heterocycles. The van der Waals surface area contributed by atoms with Gasteiger partial charge in [-0.1, -0.05) is 19.1 Å². The number of hydrogen-bond donors (Lipinski definition) is 0. The van der Waals surface area contributed by atoms with Crippen LogP contribution >= 0.6 is 0 Å². The van der Waals surface area contributed by atoms with E-state index in [-0.39, 0.29) is 0 Å². The van der Waals surface area contributed by atoms with Crippen LogP contribution in [-0.2, 0) is 19.6 Å². The number of nitrogens with zero attached hydrogens (tertiary/aromatic N) is 5. The Morgan fingerprint density at radius 2 is 1.90 bits per heavy atom. The molecular weight excluding hydrogens is 266 g/mol. The summed E-state index contributed by atoms with van der Waals surface area (Å²) in [6, 6.07) is 8.20. The molecule has 0 saturated carbocycles. The van der Waals surface area contributed by atoms with Crippen LogP contribution in [0.5, 0.6) is 5.75 Å². The maximum atomic E-state index is 5.45. The molecule has 21 heavy (non-hydrogen) atoms. The van der Waals surface area contributed by atoms with E-state index in [1.165, 1.54) is 5.56 Å². The van der Waals surface area contributed by atoms with Gasteiger partial charge in [-0.25, -0.2) is 4.68 Å². The monoisotopic (exact) mass is 289 g/mol. The second-order valence-corrected chi connectivity index (χ2v) is 5.07. The first-order valence-electron chi connectivity index (χ1n) is 7.38. The van der Waals surface area contributed by atoms with E-state index in [0.29, 0.717) is 6.61 Å². The van der Waals surface area contributed by atoms with Crippen LogP contribution in [0.1, 0.15) is 31.7 Å². The Morgan fingerprint density at radius 1 is 1.14 bits per heavy atom. The van der Waals surface area contributed by atoms with E-state index in [1.807, 2.05) is 23.7 Å². The van der Waals surface area contributed by atoms with E-state index in [9.17, 15) is 0 Å². The lowest BCUT2D eigenvalue weighted by Gasteiger charge is -2.16. The SMILES string of the molecule is CCCn1nnnc1CN(C)Cc1ccc(OCC)cc1. The molecule has 0 atom stereocenters. The summed E-state index contributed by atoms with van der Waals surface area (Å²) in [4.78, 5) is 2.20. The summed E-state index contributed by atoms with van der Waals surface area (Å²) in [6.45, 7) is 7.25. The largest absolute Gasteiger partial charge is 0.494 e. The molecule has 2 aromatic rings. The Hall–Kier alpha value is -1.95. The molecule has 2 rings (SSSR count). The molecule has 0 unspecified atom stereocenters. The third-order valence-electron chi connectivity index (χ3n) is 3.14. The zero-order valence-electron chi connectivity index (χ0n) is 13.0. The van der Waals surface area contributed by atoms with Crippen molar-refractivity contribution in [2.45, 2.75) is 39.9 Å². The van der Waals surface area contributed by atoms with Gasteiger partial charge in [-0.2, -0.15) is 0 Å². The average Bonchev–Trinajstić information content (AvgIpc) is 2.89. The normalized spacial score (nSPS) is 11.0. The first-order valence-corrected chi connectivity index (χ1v) is 7.38. The summed E-state index contributed by atoms with van der Waals surface area (Å²) in [7, 11) is 2.07. The van der Waals surface area contributed by atoms with Gasteiger partial charge in [0.25, 0.3) is 0 Å². The molecule has 0 aliphatic rings. The first kappa shape index (κ1) is 15.4. The number of ether oxygens (including phenoxy) is 1. The standard InChI is InChI=1S/C15H23N5O/c1-4-10-20-15(16-17-18-20)12-19(3)11-13-6-8-14(9-7-13)21-5-2/h6-9H,4-5,10-12H2,1-3H3. The Labute approximate surface area is 125 Å². The fraction of sp³-hybridized carbons (Fsp3) is 0.533. The van der Waals surface area contributed by atoms with Gasteiger partial charge in [-0.05, 0) is 48.5 Å². The van der Waals surface area contributed by atoms with E-state index in [1.54, 1.807) is 0 Å². The molecular formula is C15H23N5O. The van der Waals surface area contributed by atoms with E-state index in [2.05, 4.69) is 46.5 Å². The van der Waals surface area contributed by atoms with Crippen LogP contribution in [0.25, 0.3) is 0 Å². The fourth-order valence-electron chi connectivity index (χ4n) is 2.19. The molecule has 0 N–H and O–H groups in total. The van der Waals surface area contributed by atoms with Crippen LogP contribution in [0.15, 0.2) is 24.3 Å². The van der Waals surface area contributed by atoms with Crippen LogP contribution in [0, 0.1) is 0 Å². The quantitative estimate of drug-likeness (QED) is 0.745. The third-order valence-corrected chi connectivity index (χ3v) is 3.14. The molecule has 0 aliphatic heterocycles. The number of aryl methyl sites for hydroxylation is 1. The van der Waals surface area contributed by atoms with Crippen LogP contribution in [0.2, 0.25) is 0 Å². The van der Waals surface area contributed by atoms with Crippen molar-refractivity contribution in [1.29, 1.82) is 0 Å². The number of tetrazole rings is 1. The van der Waals surface area contributed by atoms with E-state index in [4.69, 9.17) is 4.74 Å². The summed E-state index contributed by atoms with van der Waals surface area (Å²) in [6.07, 6.45) is 1.03. The van der Waals surface area contributed by atoms with Gasteiger partial charge < -0.3 is 4.74 Å². The van der Waals surface area contributed by atoms with Gasteiger partial charge in [0.2, 0.25) is 0 Å². The molecule has 0 amide bonds. The minimum atomic E-state index is 0.694. The average molecular weight is 289 g/mol. The van der Waals surface area contributed by atoms with Crippen molar-refractivity contribution in [3.63, 3.8) is 0 Å². The fourth-order valence-corrected chi connectivity index (χ4v) is 2.19. The van der Waals surface area contributed by atoms with Crippen LogP contribution in [0.3, 0.4) is 0 Å². The van der Waals surface area contributed by atoms with Crippen molar-refractivity contribution in [3.05, 3.63) is 35.7 Å². The maximum absolute atomic E-state index is 5.45. The molecule has 1 heterocycles. The molecule has 1 aromatic heterocycles. The minimum Gasteiger partial charge on any atom is -0.494 e. The Bertz CT molecular complexity index is 537. The minimum absolute atomic E-state index is 0.694. The molecule has 0 aliphatic carbocycles. The van der Waals surface area contributed by atoms with Gasteiger partial charge in [0.15, 0.2) is 5.82 Å². The van der Waals surface area contributed by atoms with Gasteiger partial charge in [-0.15, -0.1) is 5.10 Å². The molecule has 114 valence electrons. The molecule has 0 radical (unpaired) electrons. The van der Waals surface area contributed by atoms with E-state index >= 15 is 0 Å². The summed E-state index contributed by atoms with van der Waals surface area (Å²) < 4.78 is 7.32. The Balaban J connectivity index is 1.91. The number of aromatic nitrogens is 4. The predicted molar refractivity (Wildman–Crippen MR) is 80.9 cm³/mol. The second kappa shape index (κ2) is 7.73. The molecule has 0 spiro atoms. The molecule has 0 fully saturated rings. The van der Waals surface area contributed by atoms with Gasteiger partial charge in [0.1, 0.15) is 5.75 Å². The second-order valence-electron chi connectivity index (χ2n) is 5.07. The number of benzene rings is 1. The molecule has 1 aromatic carbocycles. The first-order chi connectivity index (χ1) is 10.2. The van der Waals surface area contributed by atoms with Crippen LogP contribution in [0.4, 0.5) is 0 Å². The molecule has 6 heteroatoms. The topological polar surface area (TPSA) is 56.1 Å². The predicted octanol–water partition coefficient (Wildman–Crippen LogP) is 2.11. The zero-order valence-corrected chi connectivity index (χ0v) is 13.0. The number of rotatable bonds is 8. The lowest BCUT2D eigenvalue weighted by Crippen LogP contribution is -2.20.